The van der Waals surface area contributed by atoms with Crippen molar-refractivity contribution in [3.05, 3.63) is 35.6 Å². The number of aromatic nitrogens is 4. The van der Waals surface area contributed by atoms with Gasteiger partial charge in [0.1, 0.15) is 0 Å². The molecule has 2 heterocycles. The molecule has 3 N–H and O–H groups in total. The van der Waals surface area contributed by atoms with Crippen LogP contribution in [0.5, 0.6) is 0 Å². The standard InChI is InChI=1S/C16H19ClN6O/c1-3-23-9-19-13-14(20-12-6-4-5-11(17)7-12)21-16(22-15(13)23)18-8-10(2)24/h4-7,9-10,24H,3,8H2,1-2H3,(H2,18,20,21,22). The molecular weight excluding hydrogens is 328 g/mol. The van der Waals surface area contributed by atoms with Crippen molar-refractivity contribution in [2.45, 2.75) is 26.5 Å². The SMILES string of the molecule is CCn1cnc2c(Nc3cccc(Cl)c3)nc(NCC(C)O)nc21. The van der Waals surface area contributed by atoms with Crippen molar-refractivity contribution >= 4 is 40.2 Å². The Morgan fingerprint density at radius 2 is 2.17 bits per heavy atom. The minimum absolute atomic E-state index is 0.363. The first-order valence-corrected chi connectivity index (χ1v) is 8.12. The second kappa shape index (κ2) is 7.02. The monoisotopic (exact) mass is 346 g/mol. The van der Waals surface area contributed by atoms with Gasteiger partial charge in [-0.25, -0.2) is 4.98 Å². The molecule has 0 amide bonds. The number of aryl methyl sites for hydroxylation is 1. The minimum Gasteiger partial charge on any atom is -0.392 e. The van der Waals surface area contributed by atoms with Gasteiger partial charge >= 0.3 is 0 Å². The molecule has 24 heavy (non-hydrogen) atoms. The van der Waals surface area contributed by atoms with Gasteiger partial charge in [-0.3, -0.25) is 0 Å². The van der Waals surface area contributed by atoms with E-state index in [4.69, 9.17) is 11.6 Å². The molecule has 0 saturated heterocycles. The number of nitrogens with one attached hydrogen (secondary N) is 2. The van der Waals surface area contributed by atoms with Gasteiger partial charge in [0.25, 0.3) is 0 Å². The lowest BCUT2D eigenvalue weighted by atomic mass is 10.3. The summed E-state index contributed by atoms with van der Waals surface area (Å²) in [4.78, 5) is 13.4. The van der Waals surface area contributed by atoms with Crippen molar-refractivity contribution in [2.75, 3.05) is 17.2 Å². The molecule has 0 spiro atoms. The summed E-state index contributed by atoms with van der Waals surface area (Å²) in [7, 11) is 0. The number of rotatable bonds is 6. The average molecular weight is 347 g/mol. The predicted molar refractivity (Wildman–Crippen MR) is 95.9 cm³/mol. The third-order valence-electron chi connectivity index (χ3n) is 3.45. The highest BCUT2D eigenvalue weighted by molar-refractivity contribution is 6.30. The van der Waals surface area contributed by atoms with Crippen molar-refractivity contribution in [1.29, 1.82) is 0 Å². The molecule has 1 atom stereocenters. The number of imidazole rings is 1. The summed E-state index contributed by atoms with van der Waals surface area (Å²) in [5, 5.41) is 16.4. The summed E-state index contributed by atoms with van der Waals surface area (Å²) in [6, 6.07) is 7.39. The highest BCUT2D eigenvalue weighted by atomic mass is 35.5. The Labute approximate surface area is 144 Å². The van der Waals surface area contributed by atoms with Gasteiger partial charge in [-0.15, -0.1) is 0 Å². The maximum atomic E-state index is 9.46. The molecule has 3 rings (SSSR count). The Kier molecular flexibility index (Phi) is 4.82. The second-order valence-electron chi connectivity index (χ2n) is 5.46. The molecule has 7 nitrogen and oxygen atoms in total. The van der Waals surface area contributed by atoms with Crippen LogP contribution in [0.3, 0.4) is 0 Å². The molecule has 0 aliphatic carbocycles. The van der Waals surface area contributed by atoms with Gasteiger partial charge in [0, 0.05) is 23.8 Å². The van der Waals surface area contributed by atoms with E-state index in [0.717, 1.165) is 17.9 Å². The zero-order chi connectivity index (χ0) is 17.1. The molecule has 3 aromatic rings. The van der Waals surface area contributed by atoms with E-state index in [0.29, 0.717) is 28.9 Å². The van der Waals surface area contributed by atoms with Crippen LogP contribution in [0, 0.1) is 0 Å². The van der Waals surface area contributed by atoms with Crippen molar-refractivity contribution in [2.24, 2.45) is 0 Å². The fourth-order valence-corrected chi connectivity index (χ4v) is 2.47. The summed E-state index contributed by atoms with van der Waals surface area (Å²) < 4.78 is 1.94. The van der Waals surface area contributed by atoms with Crippen LogP contribution in [-0.2, 0) is 6.54 Å². The van der Waals surface area contributed by atoms with Crippen molar-refractivity contribution in [3.8, 4) is 0 Å². The first-order chi connectivity index (χ1) is 11.6. The zero-order valence-electron chi connectivity index (χ0n) is 13.5. The van der Waals surface area contributed by atoms with E-state index >= 15 is 0 Å². The molecule has 8 heteroatoms. The van der Waals surface area contributed by atoms with Crippen molar-refractivity contribution in [3.63, 3.8) is 0 Å². The van der Waals surface area contributed by atoms with Gasteiger partial charge in [0.05, 0.1) is 12.4 Å². The Bertz CT molecular complexity index is 848. The van der Waals surface area contributed by atoms with Crippen molar-refractivity contribution in [1.82, 2.24) is 19.5 Å². The lowest BCUT2D eigenvalue weighted by Gasteiger charge is -2.11. The van der Waals surface area contributed by atoms with E-state index < -0.39 is 6.10 Å². The van der Waals surface area contributed by atoms with E-state index in [1.165, 1.54) is 0 Å². The third kappa shape index (κ3) is 3.58. The maximum absolute atomic E-state index is 9.46. The first-order valence-electron chi connectivity index (χ1n) is 7.74. The number of halogens is 1. The topological polar surface area (TPSA) is 87.9 Å². The molecule has 0 aliphatic heterocycles. The minimum atomic E-state index is -0.496. The van der Waals surface area contributed by atoms with Gasteiger partial charge in [0.15, 0.2) is 17.0 Å². The van der Waals surface area contributed by atoms with Crippen LogP contribution in [0.15, 0.2) is 30.6 Å². The zero-order valence-corrected chi connectivity index (χ0v) is 14.2. The van der Waals surface area contributed by atoms with Crippen LogP contribution in [-0.4, -0.2) is 37.3 Å². The molecule has 1 unspecified atom stereocenters. The average Bonchev–Trinajstić information content (AvgIpc) is 2.96. The van der Waals surface area contributed by atoms with Gasteiger partial charge < -0.3 is 20.3 Å². The summed E-state index contributed by atoms with van der Waals surface area (Å²) >= 11 is 6.04. The molecule has 0 saturated carbocycles. The van der Waals surface area contributed by atoms with Crippen LogP contribution in [0.25, 0.3) is 11.2 Å². The van der Waals surface area contributed by atoms with E-state index in [1.807, 2.05) is 35.8 Å². The van der Waals surface area contributed by atoms with Gasteiger partial charge in [-0.1, -0.05) is 17.7 Å². The summed E-state index contributed by atoms with van der Waals surface area (Å²) in [6.07, 6.45) is 1.24. The van der Waals surface area contributed by atoms with E-state index in [1.54, 1.807) is 13.3 Å². The lowest BCUT2D eigenvalue weighted by molar-refractivity contribution is 0.208. The predicted octanol–water partition coefficient (Wildman–Crippen LogP) is 3.04. The summed E-state index contributed by atoms with van der Waals surface area (Å²) in [5.74, 6) is 1.02. The van der Waals surface area contributed by atoms with E-state index in [2.05, 4.69) is 25.6 Å². The Balaban J connectivity index is 2.02. The molecule has 2 aromatic heterocycles. The molecule has 0 fully saturated rings. The van der Waals surface area contributed by atoms with Crippen LogP contribution in [0.4, 0.5) is 17.5 Å². The quantitative estimate of drug-likeness (QED) is 0.636. The number of anilines is 3. The second-order valence-corrected chi connectivity index (χ2v) is 5.90. The number of hydrogen-bond donors (Lipinski definition) is 3. The van der Waals surface area contributed by atoms with Crippen LogP contribution in [0.1, 0.15) is 13.8 Å². The molecule has 0 aliphatic rings. The summed E-state index contributed by atoms with van der Waals surface area (Å²) in [5.41, 5.74) is 2.22. The number of fused-ring (bicyclic) bond motifs is 1. The van der Waals surface area contributed by atoms with Gasteiger partial charge in [-0.2, -0.15) is 9.97 Å². The van der Waals surface area contributed by atoms with Crippen molar-refractivity contribution < 1.29 is 5.11 Å². The Morgan fingerprint density at radius 1 is 1.33 bits per heavy atom. The molecule has 1 aromatic carbocycles. The Morgan fingerprint density at radius 3 is 2.88 bits per heavy atom. The number of hydrogen-bond acceptors (Lipinski definition) is 6. The van der Waals surface area contributed by atoms with Gasteiger partial charge in [0.2, 0.25) is 5.95 Å². The molecular formula is C16H19ClN6O. The number of nitrogens with zero attached hydrogens (tertiary/aromatic N) is 4. The first kappa shape index (κ1) is 16.5. The Hall–Kier alpha value is -2.38. The maximum Gasteiger partial charge on any atom is 0.226 e. The van der Waals surface area contributed by atoms with Crippen LogP contribution >= 0.6 is 11.6 Å². The number of aliphatic hydroxyl groups excluding tert-OH is 1. The van der Waals surface area contributed by atoms with Crippen LogP contribution in [0.2, 0.25) is 5.02 Å². The normalized spacial score (nSPS) is 12.3. The largest absolute Gasteiger partial charge is 0.392 e. The lowest BCUT2D eigenvalue weighted by Crippen LogP contribution is -2.17. The highest BCUT2D eigenvalue weighted by Gasteiger charge is 2.13. The fraction of sp³-hybridized carbons (Fsp3) is 0.312. The third-order valence-corrected chi connectivity index (χ3v) is 3.68. The van der Waals surface area contributed by atoms with E-state index in [9.17, 15) is 5.11 Å². The highest BCUT2D eigenvalue weighted by Crippen LogP contribution is 2.25. The van der Waals surface area contributed by atoms with Crippen LogP contribution < -0.4 is 10.6 Å². The fourth-order valence-electron chi connectivity index (χ4n) is 2.28. The summed E-state index contributed by atoms with van der Waals surface area (Å²) in [6.45, 7) is 4.84. The number of aliphatic hydroxyl groups is 1. The molecule has 0 radical (unpaired) electrons. The smallest absolute Gasteiger partial charge is 0.226 e. The number of benzene rings is 1. The molecule has 0 bridgehead atoms. The van der Waals surface area contributed by atoms with Gasteiger partial charge in [-0.05, 0) is 32.0 Å². The van der Waals surface area contributed by atoms with E-state index in [-0.39, 0.29) is 0 Å². The molecule has 126 valence electrons.